The van der Waals surface area contributed by atoms with Crippen LogP contribution in [-0.4, -0.2) is 41.1 Å². The smallest absolute Gasteiger partial charge is 0.326 e. The van der Waals surface area contributed by atoms with Gasteiger partial charge in [-0.25, -0.2) is 4.79 Å². The normalized spacial score (nSPS) is 13.5. The van der Waals surface area contributed by atoms with Crippen LogP contribution in [0.15, 0.2) is 24.3 Å². The molecule has 150 valence electrons. The Morgan fingerprint density at radius 2 is 1.70 bits per heavy atom. The summed E-state index contributed by atoms with van der Waals surface area (Å²) in [7, 11) is 0. The van der Waals surface area contributed by atoms with E-state index >= 15 is 0 Å². The summed E-state index contributed by atoms with van der Waals surface area (Å²) >= 11 is 0. The number of nitrogens with one attached hydrogen (secondary N) is 2. The van der Waals surface area contributed by atoms with Crippen LogP contribution in [0.4, 0.5) is 0 Å². The molecule has 2 atom stereocenters. The number of rotatable bonds is 9. The van der Waals surface area contributed by atoms with Crippen molar-refractivity contribution >= 4 is 17.8 Å². The third-order valence-electron chi connectivity index (χ3n) is 3.82. The predicted molar refractivity (Wildman–Crippen MR) is 102 cm³/mol. The monoisotopic (exact) mass is 378 g/mol. The molecule has 27 heavy (non-hydrogen) atoms. The maximum absolute atomic E-state index is 12.4. The summed E-state index contributed by atoms with van der Waals surface area (Å²) in [6.07, 6.45) is 0.111. The van der Waals surface area contributed by atoms with E-state index in [9.17, 15) is 19.5 Å². The van der Waals surface area contributed by atoms with Gasteiger partial charge in [-0.2, -0.15) is 0 Å². The van der Waals surface area contributed by atoms with Gasteiger partial charge < -0.3 is 20.5 Å². The highest BCUT2D eigenvalue weighted by Crippen LogP contribution is 2.18. The molecule has 1 rings (SSSR count). The highest BCUT2D eigenvalue weighted by Gasteiger charge is 2.24. The van der Waals surface area contributed by atoms with Gasteiger partial charge in [0.15, 0.2) is 0 Å². The highest BCUT2D eigenvalue weighted by atomic mass is 16.5. The number of carboxylic acid groups (broad SMARTS) is 1. The lowest BCUT2D eigenvalue weighted by molar-refractivity contribution is -0.143. The molecule has 0 aliphatic carbocycles. The number of amides is 2. The quantitative estimate of drug-likeness (QED) is 0.612. The zero-order valence-corrected chi connectivity index (χ0v) is 16.7. The van der Waals surface area contributed by atoms with Crippen LogP contribution in [0, 0.1) is 6.92 Å². The first kappa shape index (κ1) is 22.6. The molecule has 1 aromatic rings. The van der Waals surface area contributed by atoms with Crippen molar-refractivity contribution in [2.24, 2.45) is 0 Å². The van der Waals surface area contributed by atoms with Crippen LogP contribution in [0.5, 0.6) is 0 Å². The Labute approximate surface area is 160 Å². The average Bonchev–Trinajstić information content (AvgIpc) is 2.52. The van der Waals surface area contributed by atoms with E-state index in [4.69, 9.17) is 4.74 Å². The zero-order chi connectivity index (χ0) is 20.6. The van der Waals surface area contributed by atoms with Gasteiger partial charge in [0.05, 0.1) is 18.1 Å². The third-order valence-corrected chi connectivity index (χ3v) is 3.82. The van der Waals surface area contributed by atoms with Crippen molar-refractivity contribution in [3.05, 3.63) is 35.4 Å². The molecule has 2 unspecified atom stereocenters. The molecule has 0 saturated heterocycles. The lowest BCUT2D eigenvalue weighted by Gasteiger charge is -2.22. The van der Waals surface area contributed by atoms with E-state index in [1.54, 1.807) is 0 Å². The molecule has 0 aliphatic rings. The van der Waals surface area contributed by atoms with E-state index in [2.05, 4.69) is 10.6 Å². The zero-order valence-electron chi connectivity index (χ0n) is 16.7. The lowest BCUT2D eigenvalue weighted by atomic mass is 10.0. The molecule has 0 bridgehead atoms. The molecule has 0 aromatic heterocycles. The Morgan fingerprint density at radius 3 is 2.19 bits per heavy atom. The number of aryl methyl sites for hydroxylation is 1. The summed E-state index contributed by atoms with van der Waals surface area (Å²) in [6, 6.07) is 5.90. The Morgan fingerprint density at radius 1 is 1.11 bits per heavy atom. The lowest BCUT2D eigenvalue weighted by Crippen LogP contribution is -2.43. The second-order valence-electron chi connectivity index (χ2n) is 7.58. The first-order valence-electron chi connectivity index (χ1n) is 8.97. The molecule has 0 aliphatic heterocycles. The SMILES string of the molecule is CC(=O)NC(CC(=O)NC(CCOC(C)(C)C)C(=O)O)c1ccc(C)cc1. The summed E-state index contributed by atoms with van der Waals surface area (Å²) in [5.41, 5.74) is 1.47. The van der Waals surface area contributed by atoms with Crippen molar-refractivity contribution in [3.63, 3.8) is 0 Å². The van der Waals surface area contributed by atoms with Crippen molar-refractivity contribution < 1.29 is 24.2 Å². The topological polar surface area (TPSA) is 105 Å². The van der Waals surface area contributed by atoms with Crippen molar-refractivity contribution in [1.82, 2.24) is 10.6 Å². The summed E-state index contributed by atoms with van der Waals surface area (Å²) in [5, 5.41) is 14.6. The minimum Gasteiger partial charge on any atom is -0.480 e. The van der Waals surface area contributed by atoms with Gasteiger partial charge in [0.25, 0.3) is 0 Å². The largest absolute Gasteiger partial charge is 0.480 e. The molecule has 0 spiro atoms. The fourth-order valence-electron chi connectivity index (χ4n) is 2.48. The molecule has 0 saturated carbocycles. The van der Waals surface area contributed by atoms with E-state index in [0.29, 0.717) is 0 Å². The maximum atomic E-state index is 12.4. The van der Waals surface area contributed by atoms with E-state index in [1.165, 1.54) is 6.92 Å². The third kappa shape index (κ3) is 9.19. The van der Waals surface area contributed by atoms with Crippen LogP contribution in [0.2, 0.25) is 0 Å². The van der Waals surface area contributed by atoms with Gasteiger partial charge >= 0.3 is 5.97 Å². The van der Waals surface area contributed by atoms with Crippen molar-refractivity contribution in [2.75, 3.05) is 6.61 Å². The van der Waals surface area contributed by atoms with Crippen LogP contribution < -0.4 is 10.6 Å². The van der Waals surface area contributed by atoms with Crippen LogP contribution >= 0.6 is 0 Å². The van der Waals surface area contributed by atoms with Gasteiger partial charge in [-0.05, 0) is 33.3 Å². The standard InChI is InChI=1S/C20H30N2O5/c1-13-6-8-15(9-7-13)17(21-14(2)23)12-18(24)22-16(19(25)26)10-11-27-20(3,4)5/h6-9,16-17H,10-12H2,1-5H3,(H,21,23)(H,22,24)(H,25,26). The van der Waals surface area contributed by atoms with Gasteiger partial charge in [0.2, 0.25) is 11.8 Å². The number of carbonyl (C=O) groups is 3. The van der Waals surface area contributed by atoms with E-state index in [1.807, 2.05) is 52.0 Å². The summed E-state index contributed by atoms with van der Waals surface area (Å²) in [6.45, 7) is 9.17. The molecule has 7 nitrogen and oxygen atoms in total. The molecule has 2 amide bonds. The predicted octanol–water partition coefficient (Wildman–Crippen LogP) is 2.34. The number of aliphatic carboxylic acids is 1. The second kappa shape index (κ2) is 10.1. The minimum atomic E-state index is -1.12. The first-order chi connectivity index (χ1) is 12.5. The molecular weight excluding hydrogens is 348 g/mol. The number of ether oxygens (including phenoxy) is 1. The van der Waals surface area contributed by atoms with Gasteiger partial charge in [-0.15, -0.1) is 0 Å². The van der Waals surface area contributed by atoms with E-state index < -0.39 is 24.0 Å². The van der Waals surface area contributed by atoms with Crippen molar-refractivity contribution in [2.45, 2.75) is 65.1 Å². The van der Waals surface area contributed by atoms with Gasteiger partial charge in [0.1, 0.15) is 6.04 Å². The number of hydrogen-bond donors (Lipinski definition) is 3. The van der Waals surface area contributed by atoms with Crippen LogP contribution in [-0.2, 0) is 19.1 Å². The van der Waals surface area contributed by atoms with E-state index in [-0.39, 0.29) is 31.0 Å². The highest BCUT2D eigenvalue weighted by molar-refractivity contribution is 5.84. The van der Waals surface area contributed by atoms with Gasteiger partial charge in [-0.1, -0.05) is 29.8 Å². The molecule has 0 radical (unpaired) electrons. The molecule has 3 N–H and O–H groups in total. The molecule has 7 heteroatoms. The minimum absolute atomic E-state index is 0.0491. The summed E-state index contributed by atoms with van der Waals surface area (Å²) in [5.74, 6) is -1.83. The Bertz CT molecular complexity index is 649. The summed E-state index contributed by atoms with van der Waals surface area (Å²) < 4.78 is 5.53. The van der Waals surface area contributed by atoms with Crippen molar-refractivity contribution in [1.29, 1.82) is 0 Å². The second-order valence-corrected chi connectivity index (χ2v) is 7.58. The summed E-state index contributed by atoms with van der Waals surface area (Å²) in [4.78, 5) is 35.3. The molecule has 1 aromatic carbocycles. The van der Waals surface area contributed by atoms with Gasteiger partial charge in [0, 0.05) is 20.0 Å². The van der Waals surface area contributed by atoms with Crippen LogP contribution in [0.3, 0.4) is 0 Å². The maximum Gasteiger partial charge on any atom is 0.326 e. The number of carboxylic acids is 1. The van der Waals surface area contributed by atoms with Crippen LogP contribution in [0.25, 0.3) is 0 Å². The molecule has 0 heterocycles. The van der Waals surface area contributed by atoms with Crippen molar-refractivity contribution in [3.8, 4) is 0 Å². The number of benzene rings is 1. The first-order valence-corrected chi connectivity index (χ1v) is 8.97. The molecule has 0 fully saturated rings. The fraction of sp³-hybridized carbons (Fsp3) is 0.550. The fourth-order valence-corrected chi connectivity index (χ4v) is 2.48. The Kier molecular flexibility index (Phi) is 8.43. The Hall–Kier alpha value is -2.41. The number of carbonyl (C=O) groups excluding carboxylic acids is 2. The Balaban J connectivity index is 2.73. The van der Waals surface area contributed by atoms with Crippen LogP contribution in [0.1, 0.15) is 57.7 Å². The van der Waals surface area contributed by atoms with E-state index in [0.717, 1.165) is 11.1 Å². The van der Waals surface area contributed by atoms with Gasteiger partial charge in [-0.3, -0.25) is 9.59 Å². The molecular formula is C20H30N2O5. The number of hydrogen-bond acceptors (Lipinski definition) is 4. The average molecular weight is 378 g/mol.